The van der Waals surface area contributed by atoms with Crippen molar-refractivity contribution >= 4 is 17.0 Å². The largest absolute Gasteiger partial charge is 0.465 e. The molecule has 0 spiro atoms. The first kappa shape index (κ1) is 12.2. The zero-order valence-corrected chi connectivity index (χ0v) is 10.8. The van der Waals surface area contributed by atoms with Crippen LogP contribution in [0.15, 0.2) is 24.5 Å². The third kappa shape index (κ3) is 2.21. The molecule has 0 N–H and O–H groups in total. The summed E-state index contributed by atoms with van der Waals surface area (Å²) in [6, 6.07) is 3.75. The van der Waals surface area contributed by atoms with E-state index in [0.717, 1.165) is 30.5 Å². The van der Waals surface area contributed by atoms with Gasteiger partial charge in [-0.1, -0.05) is 0 Å². The van der Waals surface area contributed by atoms with Gasteiger partial charge in [0.2, 0.25) is 0 Å². The smallest absolute Gasteiger partial charge is 0.339 e. The molecule has 19 heavy (non-hydrogen) atoms. The van der Waals surface area contributed by atoms with E-state index in [9.17, 15) is 4.79 Å². The first-order valence-electron chi connectivity index (χ1n) is 6.46. The van der Waals surface area contributed by atoms with Crippen LogP contribution in [0.5, 0.6) is 0 Å². The van der Waals surface area contributed by atoms with Gasteiger partial charge in [-0.3, -0.25) is 0 Å². The minimum Gasteiger partial charge on any atom is -0.465 e. The lowest BCUT2D eigenvalue weighted by Gasteiger charge is -2.24. The molecule has 0 bridgehead atoms. The van der Waals surface area contributed by atoms with Crippen LogP contribution >= 0.6 is 0 Å². The first-order valence-corrected chi connectivity index (χ1v) is 6.46. The van der Waals surface area contributed by atoms with Gasteiger partial charge < -0.3 is 14.0 Å². The Morgan fingerprint density at radius 3 is 3.16 bits per heavy atom. The Kier molecular flexibility index (Phi) is 3.21. The highest BCUT2D eigenvalue weighted by atomic mass is 16.5. The van der Waals surface area contributed by atoms with Crippen molar-refractivity contribution in [2.75, 3.05) is 13.7 Å². The molecule has 2 aromatic rings. The number of carbonyl (C=O) groups is 1. The van der Waals surface area contributed by atoms with Gasteiger partial charge in [0.1, 0.15) is 11.9 Å². The Morgan fingerprint density at radius 2 is 2.42 bits per heavy atom. The Morgan fingerprint density at radius 1 is 1.53 bits per heavy atom. The van der Waals surface area contributed by atoms with Crippen LogP contribution in [0.4, 0.5) is 0 Å². The molecule has 0 aliphatic carbocycles. The standard InChI is InChI=1S/C14H16N2O3/c1-18-14(17)11-8-10-5-6-16(13(10)15-9-11)12-4-2-3-7-19-12/h5-6,8-9,12H,2-4,7H2,1H3. The van der Waals surface area contributed by atoms with E-state index in [0.29, 0.717) is 5.56 Å². The van der Waals surface area contributed by atoms with Gasteiger partial charge in [-0.25, -0.2) is 9.78 Å². The zero-order chi connectivity index (χ0) is 13.2. The van der Waals surface area contributed by atoms with Crippen LogP contribution in [0, 0.1) is 0 Å². The van der Waals surface area contributed by atoms with Crippen molar-refractivity contribution in [3.8, 4) is 0 Å². The molecule has 5 heteroatoms. The van der Waals surface area contributed by atoms with Crippen molar-refractivity contribution in [3.05, 3.63) is 30.1 Å². The lowest BCUT2D eigenvalue weighted by Crippen LogP contribution is -2.17. The number of rotatable bonds is 2. The van der Waals surface area contributed by atoms with Crippen LogP contribution in [-0.4, -0.2) is 29.2 Å². The van der Waals surface area contributed by atoms with E-state index in [1.165, 1.54) is 13.5 Å². The van der Waals surface area contributed by atoms with Crippen molar-refractivity contribution in [2.45, 2.75) is 25.5 Å². The van der Waals surface area contributed by atoms with Crippen molar-refractivity contribution < 1.29 is 14.3 Å². The van der Waals surface area contributed by atoms with Crippen LogP contribution in [0.2, 0.25) is 0 Å². The van der Waals surface area contributed by atoms with Crippen molar-refractivity contribution in [1.29, 1.82) is 0 Å². The lowest BCUT2D eigenvalue weighted by molar-refractivity contribution is -0.0294. The molecular formula is C14H16N2O3. The second kappa shape index (κ2) is 5.01. The van der Waals surface area contributed by atoms with Gasteiger partial charge in [0.25, 0.3) is 0 Å². The summed E-state index contributed by atoms with van der Waals surface area (Å²) >= 11 is 0. The number of hydrogen-bond acceptors (Lipinski definition) is 4. The van der Waals surface area contributed by atoms with Crippen molar-refractivity contribution in [2.24, 2.45) is 0 Å². The number of methoxy groups -OCH3 is 1. The van der Waals surface area contributed by atoms with E-state index in [-0.39, 0.29) is 12.2 Å². The summed E-state index contributed by atoms with van der Waals surface area (Å²) in [5, 5.41) is 0.928. The Bertz CT molecular complexity index is 600. The number of hydrogen-bond donors (Lipinski definition) is 0. The van der Waals surface area contributed by atoms with E-state index in [2.05, 4.69) is 4.98 Å². The maximum atomic E-state index is 11.5. The molecular weight excluding hydrogens is 244 g/mol. The molecule has 0 radical (unpaired) electrons. The average molecular weight is 260 g/mol. The van der Waals surface area contributed by atoms with E-state index in [4.69, 9.17) is 9.47 Å². The summed E-state index contributed by atoms with van der Waals surface area (Å²) in [6.07, 6.45) is 6.87. The molecule has 1 fully saturated rings. The molecule has 1 unspecified atom stereocenters. The number of esters is 1. The molecule has 1 saturated heterocycles. The van der Waals surface area contributed by atoms with E-state index >= 15 is 0 Å². The van der Waals surface area contributed by atoms with Crippen LogP contribution in [-0.2, 0) is 9.47 Å². The highest BCUT2D eigenvalue weighted by Crippen LogP contribution is 2.26. The third-order valence-electron chi connectivity index (χ3n) is 3.44. The fraction of sp³-hybridized carbons (Fsp3) is 0.429. The molecule has 0 amide bonds. The number of ether oxygens (including phenoxy) is 2. The molecule has 3 rings (SSSR count). The molecule has 2 aromatic heterocycles. The van der Waals surface area contributed by atoms with Gasteiger partial charge in [0, 0.05) is 24.4 Å². The maximum Gasteiger partial charge on any atom is 0.339 e. The van der Waals surface area contributed by atoms with Crippen molar-refractivity contribution in [1.82, 2.24) is 9.55 Å². The van der Waals surface area contributed by atoms with Gasteiger partial charge in [0.15, 0.2) is 0 Å². The Labute approximate surface area is 111 Å². The van der Waals surface area contributed by atoms with Gasteiger partial charge >= 0.3 is 5.97 Å². The first-order chi connectivity index (χ1) is 9.29. The highest BCUT2D eigenvalue weighted by molar-refractivity contribution is 5.93. The normalized spacial score (nSPS) is 19.5. The summed E-state index contributed by atoms with van der Waals surface area (Å²) < 4.78 is 12.5. The lowest BCUT2D eigenvalue weighted by atomic mass is 10.2. The minimum absolute atomic E-state index is 0.0581. The second-order valence-corrected chi connectivity index (χ2v) is 4.67. The van der Waals surface area contributed by atoms with Gasteiger partial charge in [-0.2, -0.15) is 0 Å². The Balaban J connectivity index is 1.97. The predicted molar refractivity (Wildman–Crippen MR) is 69.9 cm³/mol. The molecule has 1 atom stereocenters. The molecule has 1 aliphatic rings. The van der Waals surface area contributed by atoms with Crippen LogP contribution < -0.4 is 0 Å². The van der Waals surface area contributed by atoms with E-state index in [1.54, 1.807) is 12.3 Å². The summed E-state index contributed by atoms with van der Waals surface area (Å²) in [5.74, 6) is -0.365. The quantitative estimate of drug-likeness (QED) is 0.778. The highest BCUT2D eigenvalue weighted by Gasteiger charge is 2.18. The number of pyridine rings is 1. The zero-order valence-electron chi connectivity index (χ0n) is 10.8. The van der Waals surface area contributed by atoms with E-state index < -0.39 is 0 Å². The summed E-state index contributed by atoms with van der Waals surface area (Å²) in [6.45, 7) is 0.796. The second-order valence-electron chi connectivity index (χ2n) is 4.67. The molecule has 0 aromatic carbocycles. The molecule has 3 heterocycles. The molecule has 0 saturated carbocycles. The van der Waals surface area contributed by atoms with Crippen LogP contribution in [0.3, 0.4) is 0 Å². The summed E-state index contributed by atoms with van der Waals surface area (Å²) in [4.78, 5) is 15.8. The SMILES string of the molecule is COC(=O)c1cnc2c(ccn2C2CCCCO2)c1. The maximum absolute atomic E-state index is 11.5. The van der Waals surface area contributed by atoms with Gasteiger partial charge in [0.05, 0.1) is 12.7 Å². The monoisotopic (exact) mass is 260 g/mol. The summed E-state index contributed by atoms with van der Waals surface area (Å²) in [7, 11) is 1.37. The number of fused-ring (bicyclic) bond motifs is 1. The minimum atomic E-state index is -0.365. The Hall–Kier alpha value is -1.88. The number of carbonyl (C=O) groups excluding carboxylic acids is 1. The molecule has 1 aliphatic heterocycles. The third-order valence-corrected chi connectivity index (χ3v) is 3.44. The predicted octanol–water partition coefficient (Wildman–Crippen LogP) is 2.52. The number of nitrogens with zero attached hydrogens (tertiary/aromatic N) is 2. The van der Waals surface area contributed by atoms with Gasteiger partial charge in [-0.15, -0.1) is 0 Å². The van der Waals surface area contributed by atoms with Gasteiger partial charge in [-0.05, 0) is 31.4 Å². The fourth-order valence-corrected chi connectivity index (χ4v) is 2.45. The van der Waals surface area contributed by atoms with Crippen LogP contribution in [0.25, 0.3) is 11.0 Å². The summed E-state index contributed by atoms with van der Waals surface area (Å²) in [5.41, 5.74) is 1.32. The van der Waals surface area contributed by atoms with E-state index in [1.807, 2.05) is 16.8 Å². The fourth-order valence-electron chi connectivity index (χ4n) is 2.45. The van der Waals surface area contributed by atoms with Crippen molar-refractivity contribution in [3.63, 3.8) is 0 Å². The average Bonchev–Trinajstić information content (AvgIpc) is 2.90. The molecule has 5 nitrogen and oxygen atoms in total. The topological polar surface area (TPSA) is 53.3 Å². The molecule has 100 valence electrons. The van der Waals surface area contributed by atoms with Crippen LogP contribution in [0.1, 0.15) is 35.8 Å². The number of aromatic nitrogens is 2.